The Labute approximate surface area is 154 Å². The van der Waals surface area contributed by atoms with Gasteiger partial charge in [-0.2, -0.15) is 13.2 Å². The SMILES string of the molecule is COc1ccccc1-c1c(Cl)ccc2c1CCN(C(=O)C(F)(F)F)CC2. The number of hydrogen-bond acceptors (Lipinski definition) is 2. The second-order valence-corrected chi connectivity index (χ2v) is 6.46. The average Bonchev–Trinajstić information content (AvgIpc) is 2.83. The number of hydrogen-bond donors (Lipinski definition) is 0. The van der Waals surface area contributed by atoms with E-state index >= 15 is 0 Å². The minimum absolute atomic E-state index is 0.00612. The number of nitrogens with zero attached hydrogens (tertiary/aromatic N) is 1. The Balaban J connectivity index is 2.02. The fraction of sp³-hybridized carbons (Fsp3) is 0.316. The number of amides is 1. The lowest BCUT2D eigenvalue weighted by molar-refractivity contribution is -0.185. The van der Waals surface area contributed by atoms with Crippen molar-refractivity contribution in [3.63, 3.8) is 0 Å². The predicted octanol–water partition coefficient (Wildman–Crippen LogP) is 4.51. The Kier molecular flexibility index (Phi) is 5.14. The molecular formula is C19H17ClF3NO2. The zero-order chi connectivity index (χ0) is 18.9. The lowest BCUT2D eigenvalue weighted by Gasteiger charge is -2.21. The van der Waals surface area contributed by atoms with Gasteiger partial charge in [-0.3, -0.25) is 4.79 Å². The van der Waals surface area contributed by atoms with Crippen molar-refractivity contribution in [1.82, 2.24) is 4.90 Å². The molecule has 7 heteroatoms. The van der Waals surface area contributed by atoms with E-state index in [2.05, 4.69) is 0 Å². The monoisotopic (exact) mass is 383 g/mol. The minimum atomic E-state index is -4.86. The molecule has 0 atom stereocenters. The van der Waals surface area contributed by atoms with Gasteiger partial charge in [0.1, 0.15) is 5.75 Å². The number of methoxy groups -OCH3 is 1. The third-order valence-corrected chi connectivity index (χ3v) is 4.86. The molecule has 1 aliphatic rings. The summed E-state index contributed by atoms with van der Waals surface area (Å²) >= 11 is 6.43. The van der Waals surface area contributed by atoms with Crippen molar-refractivity contribution in [3.8, 4) is 16.9 Å². The highest BCUT2D eigenvalue weighted by Crippen LogP contribution is 2.40. The van der Waals surface area contributed by atoms with Gasteiger partial charge in [0.05, 0.1) is 7.11 Å². The van der Waals surface area contributed by atoms with Crippen LogP contribution in [0.5, 0.6) is 5.75 Å². The second-order valence-electron chi connectivity index (χ2n) is 6.05. The number of ether oxygens (including phenoxy) is 1. The Hall–Kier alpha value is -2.21. The van der Waals surface area contributed by atoms with Crippen LogP contribution in [0.3, 0.4) is 0 Å². The molecule has 1 aliphatic heterocycles. The molecule has 3 rings (SSSR count). The van der Waals surface area contributed by atoms with Crippen LogP contribution in [-0.2, 0) is 17.6 Å². The smallest absolute Gasteiger partial charge is 0.471 e. The Morgan fingerprint density at radius 2 is 1.81 bits per heavy atom. The predicted molar refractivity (Wildman–Crippen MR) is 93.5 cm³/mol. The molecule has 0 unspecified atom stereocenters. The molecule has 0 N–H and O–H groups in total. The fourth-order valence-electron chi connectivity index (χ4n) is 3.32. The first-order valence-electron chi connectivity index (χ1n) is 8.12. The molecule has 1 heterocycles. The Morgan fingerprint density at radius 1 is 1.12 bits per heavy atom. The molecule has 0 aromatic heterocycles. The molecule has 0 saturated carbocycles. The topological polar surface area (TPSA) is 29.5 Å². The summed E-state index contributed by atoms with van der Waals surface area (Å²) in [5.74, 6) is -1.16. The van der Waals surface area contributed by atoms with Crippen molar-refractivity contribution in [3.05, 3.63) is 52.5 Å². The van der Waals surface area contributed by atoms with E-state index in [9.17, 15) is 18.0 Å². The van der Waals surface area contributed by atoms with Crippen LogP contribution in [-0.4, -0.2) is 37.2 Å². The van der Waals surface area contributed by atoms with Crippen molar-refractivity contribution in [2.45, 2.75) is 19.0 Å². The van der Waals surface area contributed by atoms with Crippen molar-refractivity contribution in [1.29, 1.82) is 0 Å². The number of benzene rings is 2. The van der Waals surface area contributed by atoms with Gasteiger partial charge in [-0.1, -0.05) is 35.9 Å². The molecule has 0 fully saturated rings. The summed E-state index contributed by atoms with van der Waals surface area (Å²) in [5.41, 5.74) is 3.29. The van der Waals surface area contributed by atoms with E-state index < -0.39 is 12.1 Å². The van der Waals surface area contributed by atoms with Gasteiger partial charge in [-0.15, -0.1) is 0 Å². The standard InChI is InChI=1S/C19H17ClF3NO2/c1-26-16-5-3-2-4-14(16)17-13-9-11-24(18(25)19(21,22)23)10-8-12(13)6-7-15(17)20/h2-7H,8-11H2,1H3. The van der Waals surface area contributed by atoms with Gasteiger partial charge < -0.3 is 9.64 Å². The molecule has 2 aromatic rings. The molecule has 1 amide bonds. The lowest BCUT2D eigenvalue weighted by Crippen LogP contribution is -2.42. The van der Waals surface area contributed by atoms with Crippen LogP contribution in [0.2, 0.25) is 5.02 Å². The molecule has 2 aromatic carbocycles. The van der Waals surface area contributed by atoms with E-state index in [0.717, 1.165) is 27.2 Å². The summed E-state index contributed by atoms with van der Waals surface area (Å²) in [6, 6.07) is 10.9. The zero-order valence-electron chi connectivity index (χ0n) is 14.1. The fourth-order valence-corrected chi connectivity index (χ4v) is 3.60. The Morgan fingerprint density at radius 3 is 2.50 bits per heavy atom. The lowest BCUT2D eigenvalue weighted by atomic mass is 9.92. The molecule has 0 aliphatic carbocycles. The zero-order valence-corrected chi connectivity index (χ0v) is 14.8. The van der Waals surface area contributed by atoms with Crippen LogP contribution < -0.4 is 4.74 Å². The first-order chi connectivity index (χ1) is 12.3. The quantitative estimate of drug-likeness (QED) is 0.764. The number of rotatable bonds is 2. The molecule has 138 valence electrons. The summed E-state index contributed by atoms with van der Waals surface area (Å²) in [6.07, 6.45) is -4.22. The normalized spacial score (nSPS) is 14.6. The average molecular weight is 384 g/mol. The summed E-state index contributed by atoms with van der Waals surface area (Å²) in [6.45, 7) is 0.0200. The maximum absolute atomic E-state index is 12.8. The van der Waals surface area contributed by atoms with Gasteiger partial charge in [0.15, 0.2) is 0 Å². The third-order valence-electron chi connectivity index (χ3n) is 4.55. The van der Waals surface area contributed by atoms with Crippen LogP contribution in [0.25, 0.3) is 11.1 Å². The number of carbonyl (C=O) groups is 1. The van der Waals surface area contributed by atoms with Crippen LogP contribution in [0.15, 0.2) is 36.4 Å². The maximum atomic E-state index is 12.8. The number of halogens is 4. The van der Waals surface area contributed by atoms with Crippen molar-refractivity contribution < 1.29 is 22.7 Å². The summed E-state index contributed by atoms with van der Waals surface area (Å²) < 4.78 is 43.7. The van der Waals surface area contributed by atoms with Crippen LogP contribution in [0, 0.1) is 0 Å². The molecule has 3 nitrogen and oxygen atoms in total. The third kappa shape index (κ3) is 3.51. The van der Waals surface area contributed by atoms with E-state index in [-0.39, 0.29) is 13.1 Å². The van der Waals surface area contributed by atoms with E-state index in [0.29, 0.717) is 23.6 Å². The van der Waals surface area contributed by atoms with Gasteiger partial charge in [-0.05, 0) is 36.1 Å². The molecule has 0 bridgehead atoms. The highest BCUT2D eigenvalue weighted by atomic mass is 35.5. The van der Waals surface area contributed by atoms with E-state index in [4.69, 9.17) is 16.3 Å². The first-order valence-corrected chi connectivity index (χ1v) is 8.50. The van der Waals surface area contributed by atoms with E-state index in [1.807, 2.05) is 24.3 Å². The summed E-state index contributed by atoms with van der Waals surface area (Å²) in [5, 5.41) is 0.504. The highest BCUT2D eigenvalue weighted by Gasteiger charge is 2.42. The molecule has 26 heavy (non-hydrogen) atoms. The van der Waals surface area contributed by atoms with Crippen LogP contribution >= 0.6 is 11.6 Å². The number of carbonyl (C=O) groups excluding carboxylic acids is 1. The van der Waals surface area contributed by atoms with Gasteiger partial charge in [-0.25, -0.2) is 0 Å². The van der Waals surface area contributed by atoms with Gasteiger partial charge in [0, 0.05) is 29.2 Å². The maximum Gasteiger partial charge on any atom is 0.471 e. The van der Waals surface area contributed by atoms with Crippen molar-refractivity contribution >= 4 is 17.5 Å². The number of para-hydroxylation sites is 1. The summed E-state index contributed by atoms with van der Waals surface area (Å²) in [4.78, 5) is 12.5. The van der Waals surface area contributed by atoms with Crippen molar-refractivity contribution in [2.24, 2.45) is 0 Å². The molecule has 0 radical (unpaired) electrons. The van der Waals surface area contributed by atoms with Gasteiger partial charge in [0.25, 0.3) is 0 Å². The summed E-state index contributed by atoms with van der Waals surface area (Å²) in [7, 11) is 1.55. The van der Waals surface area contributed by atoms with E-state index in [1.165, 1.54) is 0 Å². The Bertz CT molecular complexity index is 836. The molecular weight excluding hydrogens is 367 g/mol. The van der Waals surface area contributed by atoms with Crippen LogP contribution in [0.1, 0.15) is 11.1 Å². The van der Waals surface area contributed by atoms with Crippen molar-refractivity contribution in [2.75, 3.05) is 20.2 Å². The number of fused-ring (bicyclic) bond motifs is 1. The van der Waals surface area contributed by atoms with Crippen LogP contribution in [0.4, 0.5) is 13.2 Å². The first kappa shape index (κ1) is 18.6. The highest BCUT2D eigenvalue weighted by molar-refractivity contribution is 6.33. The minimum Gasteiger partial charge on any atom is -0.496 e. The van der Waals surface area contributed by atoms with Gasteiger partial charge >= 0.3 is 12.1 Å². The second kappa shape index (κ2) is 7.19. The molecule has 0 spiro atoms. The van der Waals surface area contributed by atoms with E-state index in [1.54, 1.807) is 19.2 Å². The number of alkyl halides is 3. The molecule has 0 saturated heterocycles. The van der Waals surface area contributed by atoms with Gasteiger partial charge in [0.2, 0.25) is 0 Å². The largest absolute Gasteiger partial charge is 0.496 e.